The number of anilines is 1. The molecule has 0 aliphatic carbocycles. The van der Waals surface area contributed by atoms with Gasteiger partial charge in [0.15, 0.2) is 0 Å². The summed E-state index contributed by atoms with van der Waals surface area (Å²) < 4.78 is 42.4. The summed E-state index contributed by atoms with van der Waals surface area (Å²) in [5.74, 6) is -0.0414. The van der Waals surface area contributed by atoms with Gasteiger partial charge in [-0.15, -0.1) is 0 Å². The van der Waals surface area contributed by atoms with Crippen molar-refractivity contribution < 1.29 is 22.7 Å². The van der Waals surface area contributed by atoms with Gasteiger partial charge in [0.2, 0.25) is 5.91 Å². The molecule has 7 heteroatoms. The van der Waals surface area contributed by atoms with Gasteiger partial charge in [-0.2, -0.15) is 13.2 Å². The van der Waals surface area contributed by atoms with E-state index in [0.717, 1.165) is 5.01 Å². The number of ether oxygens (including phenoxy) is 1. The van der Waals surface area contributed by atoms with E-state index < -0.39 is 24.5 Å². The second-order valence-electron chi connectivity index (χ2n) is 3.85. The maximum Gasteiger partial charge on any atom is 0.406 e. The van der Waals surface area contributed by atoms with Gasteiger partial charge in [0, 0.05) is 0 Å². The summed E-state index contributed by atoms with van der Waals surface area (Å²) >= 11 is 0. The predicted octanol–water partition coefficient (Wildman–Crippen LogP) is 1.87. The van der Waals surface area contributed by atoms with Crippen LogP contribution in [-0.4, -0.2) is 25.2 Å². The number of nitrogens with one attached hydrogen (secondary N) is 1. The fourth-order valence-corrected chi connectivity index (χ4v) is 1.68. The van der Waals surface area contributed by atoms with Crippen LogP contribution >= 0.6 is 0 Å². The molecule has 1 aromatic rings. The van der Waals surface area contributed by atoms with E-state index in [1.54, 1.807) is 12.1 Å². The molecule has 0 aromatic heterocycles. The molecule has 1 heterocycles. The SMILES string of the molecule is COc1ccc(N2NC(C(F)(F)F)CC2=O)cc1. The Hall–Kier alpha value is -1.76. The lowest BCUT2D eigenvalue weighted by molar-refractivity contribution is -0.153. The smallest absolute Gasteiger partial charge is 0.406 e. The average molecular weight is 260 g/mol. The number of halogens is 3. The van der Waals surface area contributed by atoms with Crippen LogP contribution in [-0.2, 0) is 4.79 Å². The average Bonchev–Trinajstić information content (AvgIpc) is 2.71. The van der Waals surface area contributed by atoms with Crippen molar-refractivity contribution in [1.82, 2.24) is 5.43 Å². The van der Waals surface area contributed by atoms with Crippen molar-refractivity contribution in [3.05, 3.63) is 24.3 Å². The maximum atomic E-state index is 12.5. The summed E-state index contributed by atoms with van der Waals surface area (Å²) in [5, 5.41) is 0.914. The highest BCUT2D eigenvalue weighted by atomic mass is 19.4. The number of nitrogens with zero attached hydrogens (tertiary/aromatic N) is 1. The molecule has 1 N–H and O–H groups in total. The standard InChI is InChI=1S/C11H11F3N2O2/c1-18-8-4-2-7(3-5-8)16-10(17)6-9(15-16)11(12,13)14/h2-5,9,15H,6H2,1H3. The summed E-state index contributed by atoms with van der Waals surface area (Å²) in [6, 6.07) is 4.36. The molecule has 1 aromatic carbocycles. The highest BCUT2D eigenvalue weighted by Crippen LogP contribution is 2.29. The lowest BCUT2D eigenvalue weighted by Gasteiger charge is -2.19. The molecule has 1 atom stereocenters. The third kappa shape index (κ3) is 2.40. The van der Waals surface area contributed by atoms with E-state index in [2.05, 4.69) is 5.43 Å². The number of amides is 1. The molecule has 1 fully saturated rings. The molecule has 98 valence electrons. The van der Waals surface area contributed by atoms with E-state index in [-0.39, 0.29) is 0 Å². The highest BCUT2D eigenvalue weighted by molar-refractivity contribution is 5.95. The summed E-state index contributed by atoms with van der Waals surface area (Å²) in [5.41, 5.74) is 2.51. The quantitative estimate of drug-likeness (QED) is 0.882. The van der Waals surface area contributed by atoms with E-state index in [9.17, 15) is 18.0 Å². The van der Waals surface area contributed by atoms with E-state index in [1.807, 2.05) is 0 Å². The van der Waals surface area contributed by atoms with Crippen LogP contribution in [0.3, 0.4) is 0 Å². The summed E-state index contributed by atoms with van der Waals surface area (Å²) in [7, 11) is 1.48. The first-order chi connectivity index (χ1) is 8.41. The van der Waals surface area contributed by atoms with Gasteiger partial charge in [-0.25, -0.2) is 10.4 Å². The number of hydrazine groups is 1. The molecule has 0 spiro atoms. The number of alkyl halides is 3. The normalized spacial score (nSPS) is 20.3. The van der Waals surface area contributed by atoms with Crippen molar-refractivity contribution in [3.8, 4) is 5.75 Å². The molecule has 0 bridgehead atoms. The number of methoxy groups -OCH3 is 1. The monoisotopic (exact) mass is 260 g/mol. The number of hydrogen-bond donors (Lipinski definition) is 1. The molecule has 0 radical (unpaired) electrons. The molecule has 1 aliphatic rings. The Morgan fingerprint density at radius 3 is 2.39 bits per heavy atom. The van der Waals surface area contributed by atoms with Gasteiger partial charge in [-0.05, 0) is 24.3 Å². The van der Waals surface area contributed by atoms with Crippen molar-refractivity contribution in [2.75, 3.05) is 12.1 Å². The molecule has 1 aliphatic heterocycles. The van der Waals surface area contributed by atoms with E-state index in [4.69, 9.17) is 4.74 Å². The molecule has 4 nitrogen and oxygen atoms in total. The van der Waals surface area contributed by atoms with Gasteiger partial charge >= 0.3 is 6.18 Å². The van der Waals surface area contributed by atoms with Crippen molar-refractivity contribution in [2.24, 2.45) is 0 Å². The van der Waals surface area contributed by atoms with Gasteiger partial charge in [0.25, 0.3) is 0 Å². The minimum atomic E-state index is -4.43. The summed E-state index contributed by atoms with van der Waals surface area (Å²) in [6.07, 6.45) is -5.02. The van der Waals surface area contributed by atoms with Crippen molar-refractivity contribution >= 4 is 11.6 Å². The Labute approximate surface area is 101 Å². The Kier molecular flexibility index (Phi) is 3.16. The predicted molar refractivity (Wildman–Crippen MR) is 58.1 cm³/mol. The van der Waals surface area contributed by atoms with E-state index in [1.165, 1.54) is 19.2 Å². The minimum absolute atomic E-state index is 0.354. The Morgan fingerprint density at radius 1 is 1.33 bits per heavy atom. The molecular formula is C11H11F3N2O2. The van der Waals surface area contributed by atoms with Crippen molar-refractivity contribution in [2.45, 2.75) is 18.6 Å². The Bertz CT molecular complexity index is 445. The van der Waals surface area contributed by atoms with Crippen LogP contribution in [0.1, 0.15) is 6.42 Å². The fourth-order valence-electron chi connectivity index (χ4n) is 1.68. The number of carbonyl (C=O) groups excluding carboxylic acids is 1. The zero-order valence-electron chi connectivity index (χ0n) is 9.49. The number of rotatable bonds is 2. The lowest BCUT2D eigenvalue weighted by atomic mass is 10.2. The van der Waals surface area contributed by atoms with Crippen molar-refractivity contribution in [3.63, 3.8) is 0 Å². The summed E-state index contributed by atoms with van der Waals surface area (Å²) in [4.78, 5) is 11.5. The largest absolute Gasteiger partial charge is 0.497 e. The van der Waals surface area contributed by atoms with Gasteiger partial charge in [-0.3, -0.25) is 4.79 Å². The van der Waals surface area contributed by atoms with Gasteiger partial charge in [0.1, 0.15) is 11.8 Å². The molecule has 1 unspecified atom stereocenters. The van der Waals surface area contributed by atoms with Crippen molar-refractivity contribution in [1.29, 1.82) is 0 Å². The van der Waals surface area contributed by atoms with Crippen LogP contribution in [0.5, 0.6) is 5.75 Å². The third-order valence-corrected chi connectivity index (χ3v) is 2.64. The van der Waals surface area contributed by atoms with Crippen LogP contribution in [0.4, 0.5) is 18.9 Å². The Morgan fingerprint density at radius 2 is 1.94 bits per heavy atom. The second-order valence-corrected chi connectivity index (χ2v) is 3.85. The number of benzene rings is 1. The van der Waals surface area contributed by atoms with E-state index >= 15 is 0 Å². The molecule has 1 saturated heterocycles. The molecule has 1 amide bonds. The first-order valence-electron chi connectivity index (χ1n) is 5.21. The molecule has 0 saturated carbocycles. The van der Waals surface area contributed by atoms with Gasteiger partial charge in [-0.1, -0.05) is 0 Å². The van der Waals surface area contributed by atoms with Crippen LogP contribution in [0.15, 0.2) is 24.3 Å². The zero-order valence-corrected chi connectivity index (χ0v) is 9.49. The fraction of sp³-hybridized carbons (Fsp3) is 0.364. The number of carbonyl (C=O) groups is 1. The van der Waals surface area contributed by atoms with Crippen LogP contribution in [0, 0.1) is 0 Å². The first-order valence-corrected chi connectivity index (χ1v) is 5.21. The number of hydrogen-bond acceptors (Lipinski definition) is 3. The molecule has 2 rings (SSSR count). The lowest BCUT2D eigenvalue weighted by Crippen LogP contribution is -2.44. The highest BCUT2D eigenvalue weighted by Gasteiger charge is 2.47. The van der Waals surface area contributed by atoms with E-state index in [0.29, 0.717) is 11.4 Å². The minimum Gasteiger partial charge on any atom is -0.497 e. The van der Waals surface area contributed by atoms with Crippen LogP contribution < -0.4 is 15.2 Å². The Balaban J connectivity index is 2.16. The summed E-state index contributed by atoms with van der Waals surface area (Å²) in [6.45, 7) is 0. The third-order valence-electron chi connectivity index (χ3n) is 2.64. The van der Waals surface area contributed by atoms with Crippen LogP contribution in [0.25, 0.3) is 0 Å². The van der Waals surface area contributed by atoms with Gasteiger partial charge in [0.05, 0.1) is 19.2 Å². The van der Waals surface area contributed by atoms with Gasteiger partial charge < -0.3 is 4.74 Å². The zero-order chi connectivity index (χ0) is 13.3. The molecule has 18 heavy (non-hydrogen) atoms. The maximum absolute atomic E-state index is 12.5. The molecular weight excluding hydrogens is 249 g/mol. The second kappa shape index (κ2) is 4.49. The topological polar surface area (TPSA) is 41.6 Å². The van der Waals surface area contributed by atoms with Crippen LogP contribution in [0.2, 0.25) is 0 Å². The first kappa shape index (κ1) is 12.7.